The van der Waals surface area contributed by atoms with Gasteiger partial charge >= 0.3 is 0 Å². The van der Waals surface area contributed by atoms with E-state index in [0.717, 1.165) is 17.7 Å². The van der Waals surface area contributed by atoms with Gasteiger partial charge in [-0.25, -0.2) is 13.2 Å². The van der Waals surface area contributed by atoms with Crippen molar-refractivity contribution in [3.05, 3.63) is 88.2 Å². The number of halogens is 4. The minimum Gasteiger partial charge on any atom is -0.384 e. The summed E-state index contributed by atoms with van der Waals surface area (Å²) in [5, 5.41) is 16.9. The van der Waals surface area contributed by atoms with E-state index in [1.165, 1.54) is 17.0 Å². The molecule has 0 spiro atoms. The summed E-state index contributed by atoms with van der Waals surface area (Å²) in [7, 11) is 0. The van der Waals surface area contributed by atoms with Crippen LogP contribution in [0.5, 0.6) is 0 Å². The minimum atomic E-state index is -1.29. The Kier molecular flexibility index (Phi) is 6.72. The second-order valence-corrected chi connectivity index (χ2v) is 8.76. The van der Waals surface area contributed by atoms with Gasteiger partial charge in [0.1, 0.15) is 11.4 Å². The van der Waals surface area contributed by atoms with Crippen molar-refractivity contribution >= 4 is 34.6 Å². The molecule has 1 amide bonds. The van der Waals surface area contributed by atoms with Crippen LogP contribution in [0, 0.1) is 17.5 Å². The summed E-state index contributed by atoms with van der Waals surface area (Å²) in [6.45, 7) is 1.99. The number of aryl methyl sites for hydroxylation is 1. The van der Waals surface area contributed by atoms with Gasteiger partial charge in [-0.2, -0.15) is 0 Å². The van der Waals surface area contributed by atoms with E-state index in [4.69, 9.17) is 11.6 Å². The minimum absolute atomic E-state index is 0.0165. The van der Waals surface area contributed by atoms with Crippen LogP contribution in [0.4, 0.5) is 30.2 Å². The molecule has 178 valence electrons. The van der Waals surface area contributed by atoms with Gasteiger partial charge in [-0.3, -0.25) is 4.79 Å². The van der Waals surface area contributed by atoms with Crippen molar-refractivity contribution in [2.24, 2.45) is 0 Å². The first kappa shape index (κ1) is 23.9. The summed E-state index contributed by atoms with van der Waals surface area (Å²) in [5.41, 5.74) is -0.448. The Hall–Kier alpha value is -3.23. The first-order chi connectivity index (χ1) is 16.2. The molecule has 3 N–H and O–H groups in total. The number of hydrogen-bond donors (Lipinski definition) is 3. The number of hydrogen-bond acceptors (Lipinski definition) is 4. The molecule has 3 aromatic carbocycles. The molecule has 0 bridgehead atoms. The quantitative estimate of drug-likeness (QED) is 0.418. The van der Waals surface area contributed by atoms with Crippen molar-refractivity contribution in [3.63, 3.8) is 0 Å². The number of benzene rings is 3. The third-order valence-corrected chi connectivity index (χ3v) is 5.97. The van der Waals surface area contributed by atoms with Crippen LogP contribution in [0.1, 0.15) is 22.8 Å². The molecule has 34 heavy (non-hydrogen) atoms. The zero-order valence-corrected chi connectivity index (χ0v) is 19.1. The summed E-state index contributed by atoms with van der Waals surface area (Å²) in [5.74, 6) is -3.72. The number of anilines is 3. The first-order valence-electron chi connectivity index (χ1n) is 10.7. The largest absolute Gasteiger partial charge is 0.384 e. The van der Waals surface area contributed by atoms with Crippen LogP contribution in [-0.2, 0) is 6.42 Å². The van der Waals surface area contributed by atoms with E-state index in [1.807, 2.05) is 6.92 Å². The molecule has 0 unspecified atom stereocenters. The van der Waals surface area contributed by atoms with E-state index in [0.29, 0.717) is 17.1 Å². The molecule has 0 radical (unpaired) electrons. The average Bonchev–Trinajstić information content (AvgIpc) is 2.79. The SMILES string of the molecule is CCc1ccc(Nc2c(C(=O)N3CC(O)(CNc4cccc(Cl)c4)C3)ccc(F)c2F)c(F)c1. The molecule has 3 aromatic rings. The van der Waals surface area contributed by atoms with Gasteiger partial charge in [-0.05, 0) is 54.4 Å². The number of likely N-dealkylation sites (tertiary alicyclic amines) is 1. The maximum atomic E-state index is 14.7. The lowest BCUT2D eigenvalue weighted by atomic mass is 9.92. The Morgan fingerprint density at radius 3 is 2.53 bits per heavy atom. The van der Waals surface area contributed by atoms with E-state index < -0.39 is 34.6 Å². The van der Waals surface area contributed by atoms with Gasteiger partial charge in [0.05, 0.1) is 30.0 Å². The highest BCUT2D eigenvalue weighted by molar-refractivity contribution is 6.30. The highest BCUT2D eigenvalue weighted by Crippen LogP contribution is 2.32. The number of aliphatic hydroxyl groups is 1. The molecule has 0 aliphatic carbocycles. The van der Waals surface area contributed by atoms with E-state index >= 15 is 0 Å². The van der Waals surface area contributed by atoms with Gasteiger partial charge in [0.2, 0.25) is 0 Å². The van der Waals surface area contributed by atoms with Crippen molar-refractivity contribution < 1.29 is 23.1 Å². The summed E-state index contributed by atoms with van der Waals surface area (Å²) in [6.07, 6.45) is 0.610. The number of carbonyl (C=O) groups excluding carboxylic acids is 1. The lowest BCUT2D eigenvalue weighted by molar-refractivity contribution is -0.0706. The molecule has 0 saturated carbocycles. The molecule has 0 aromatic heterocycles. The van der Waals surface area contributed by atoms with Gasteiger partial charge < -0.3 is 20.6 Å². The van der Waals surface area contributed by atoms with Crippen molar-refractivity contribution in [1.29, 1.82) is 0 Å². The van der Waals surface area contributed by atoms with Crippen LogP contribution in [0.15, 0.2) is 54.6 Å². The van der Waals surface area contributed by atoms with Gasteiger partial charge in [0.25, 0.3) is 5.91 Å². The van der Waals surface area contributed by atoms with E-state index in [9.17, 15) is 23.1 Å². The molecular formula is C25H23ClF3N3O2. The van der Waals surface area contributed by atoms with E-state index in [1.54, 1.807) is 30.3 Å². The molecule has 4 rings (SSSR count). The molecule has 0 atom stereocenters. The Bertz CT molecular complexity index is 1230. The zero-order chi connectivity index (χ0) is 24.5. The topological polar surface area (TPSA) is 64.6 Å². The summed E-state index contributed by atoms with van der Waals surface area (Å²) >= 11 is 5.95. The number of nitrogens with one attached hydrogen (secondary N) is 2. The Morgan fingerprint density at radius 1 is 1.09 bits per heavy atom. The van der Waals surface area contributed by atoms with Gasteiger partial charge in [0.15, 0.2) is 11.6 Å². The number of carbonyl (C=O) groups is 1. The van der Waals surface area contributed by atoms with Crippen LogP contribution >= 0.6 is 11.6 Å². The predicted molar refractivity (Wildman–Crippen MR) is 126 cm³/mol. The summed E-state index contributed by atoms with van der Waals surface area (Å²) in [4.78, 5) is 14.4. The van der Waals surface area contributed by atoms with Gasteiger partial charge in [-0.15, -0.1) is 0 Å². The molecule has 1 aliphatic heterocycles. The average molecular weight is 490 g/mol. The normalized spacial score (nSPS) is 14.5. The van der Waals surface area contributed by atoms with E-state index in [-0.39, 0.29) is 30.9 Å². The van der Waals surface area contributed by atoms with Crippen LogP contribution in [-0.4, -0.2) is 41.1 Å². The van der Waals surface area contributed by atoms with E-state index in [2.05, 4.69) is 10.6 Å². The second kappa shape index (κ2) is 9.56. The smallest absolute Gasteiger partial charge is 0.256 e. The number of amides is 1. The Labute approximate surface area is 200 Å². The maximum absolute atomic E-state index is 14.7. The predicted octanol–water partition coefficient (Wildman–Crippen LogP) is 5.36. The highest BCUT2D eigenvalue weighted by Gasteiger charge is 2.44. The number of rotatable bonds is 7. The zero-order valence-electron chi connectivity index (χ0n) is 18.3. The van der Waals surface area contributed by atoms with Crippen molar-refractivity contribution in [2.45, 2.75) is 18.9 Å². The lowest BCUT2D eigenvalue weighted by Gasteiger charge is -2.46. The highest BCUT2D eigenvalue weighted by atomic mass is 35.5. The van der Waals surface area contributed by atoms with Crippen LogP contribution in [0.2, 0.25) is 5.02 Å². The summed E-state index contributed by atoms with van der Waals surface area (Å²) in [6, 6.07) is 13.3. The van der Waals surface area contributed by atoms with Crippen molar-refractivity contribution in [3.8, 4) is 0 Å². The lowest BCUT2D eigenvalue weighted by Crippen LogP contribution is -2.66. The van der Waals surface area contributed by atoms with Crippen LogP contribution < -0.4 is 10.6 Å². The fourth-order valence-electron chi connectivity index (χ4n) is 3.82. The molecule has 9 heteroatoms. The molecular weight excluding hydrogens is 467 g/mol. The van der Waals surface area contributed by atoms with Crippen LogP contribution in [0.3, 0.4) is 0 Å². The van der Waals surface area contributed by atoms with Crippen molar-refractivity contribution in [1.82, 2.24) is 4.90 Å². The Morgan fingerprint density at radius 2 is 1.85 bits per heavy atom. The fraction of sp³-hybridized carbons (Fsp3) is 0.240. The fourth-order valence-corrected chi connectivity index (χ4v) is 4.01. The number of β-amino-alcohol motifs (C(OH)–C–C–N with tert-alkyl or cyclic N) is 1. The van der Waals surface area contributed by atoms with Crippen molar-refractivity contribution in [2.75, 3.05) is 30.3 Å². The molecule has 1 saturated heterocycles. The summed E-state index contributed by atoms with van der Waals surface area (Å²) < 4.78 is 43.1. The maximum Gasteiger partial charge on any atom is 0.256 e. The number of nitrogens with zero attached hydrogens (tertiary/aromatic N) is 1. The molecule has 1 fully saturated rings. The first-order valence-corrected chi connectivity index (χ1v) is 11.1. The molecule has 5 nitrogen and oxygen atoms in total. The second-order valence-electron chi connectivity index (χ2n) is 8.33. The Balaban J connectivity index is 1.49. The third kappa shape index (κ3) is 4.98. The monoisotopic (exact) mass is 489 g/mol. The molecule has 1 aliphatic rings. The van der Waals surface area contributed by atoms with Gasteiger partial charge in [-0.1, -0.05) is 30.7 Å². The van der Waals surface area contributed by atoms with Crippen LogP contribution in [0.25, 0.3) is 0 Å². The standard InChI is InChI=1S/C25H23ClF3N3O2/c1-2-15-6-9-21(20(28)10-15)31-23-18(7-8-19(27)22(23)29)24(33)32-13-25(34,14-32)12-30-17-5-3-4-16(26)11-17/h3-11,30-31,34H,2,12-14H2,1H3. The van der Waals surface area contributed by atoms with Gasteiger partial charge in [0, 0.05) is 17.3 Å². The third-order valence-electron chi connectivity index (χ3n) is 5.73. The molecule has 1 heterocycles.